The van der Waals surface area contributed by atoms with Crippen molar-refractivity contribution in [3.8, 4) is 6.07 Å². The SMILES string of the molecule is CCOC(=O)/C(C#N)=C\N=S(=N)(CC)CC. The number of nitrogens with one attached hydrogen (secondary N) is 1. The maximum absolute atomic E-state index is 11.2. The van der Waals surface area contributed by atoms with Crippen molar-refractivity contribution in [2.24, 2.45) is 4.36 Å². The highest BCUT2D eigenvalue weighted by Crippen LogP contribution is 2.03. The van der Waals surface area contributed by atoms with E-state index in [1.807, 2.05) is 13.8 Å². The van der Waals surface area contributed by atoms with E-state index in [2.05, 4.69) is 9.10 Å². The van der Waals surface area contributed by atoms with Crippen LogP contribution in [0, 0.1) is 16.1 Å². The van der Waals surface area contributed by atoms with Crippen molar-refractivity contribution < 1.29 is 9.53 Å². The summed E-state index contributed by atoms with van der Waals surface area (Å²) in [7, 11) is -1.83. The molecule has 6 heteroatoms. The van der Waals surface area contributed by atoms with Crippen LogP contribution in [0.1, 0.15) is 20.8 Å². The number of hydrogen-bond donors (Lipinski definition) is 1. The molecule has 0 heterocycles. The van der Waals surface area contributed by atoms with Gasteiger partial charge in [0.2, 0.25) is 0 Å². The molecule has 0 aromatic carbocycles. The quantitative estimate of drug-likeness (QED) is 0.455. The van der Waals surface area contributed by atoms with E-state index in [-0.39, 0.29) is 12.2 Å². The van der Waals surface area contributed by atoms with E-state index in [0.29, 0.717) is 11.5 Å². The summed E-state index contributed by atoms with van der Waals surface area (Å²) in [5.41, 5.74) is -0.145. The van der Waals surface area contributed by atoms with Gasteiger partial charge in [-0.05, 0) is 6.92 Å². The Morgan fingerprint density at radius 2 is 2.06 bits per heavy atom. The Morgan fingerprint density at radius 3 is 2.44 bits per heavy atom. The molecular weight excluding hydrogens is 226 g/mol. The Bertz CT molecular complexity index is 416. The summed E-state index contributed by atoms with van der Waals surface area (Å²) in [6.07, 6.45) is 1.17. The van der Waals surface area contributed by atoms with Gasteiger partial charge in [-0.1, -0.05) is 23.5 Å². The number of nitriles is 1. The molecule has 0 radical (unpaired) electrons. The number of hydrogen-bond acceptors (Lipinski definition) is 5. The molecule has 0 aromatic heterocycles. The minimum Gasteiger partial charge on any atom is -0.462 e. The van der Waals surface area contributed by atoms with Crippen LogP contribution >= 0.6 is 0 Å². The van der Waals surface area contributed by atoms with E-state index < -0.39 is 15.6 Å². The maximum atomic E-state index is 11.2. The van der Waals surface area contributed by atoms with Crippen LogP contribution in [0.4, 0.5) is 0 Å². The van der Waals surface area contributed by atoms with Crippen LogP contribution in [0.15, 0.2) is 16.1 Å². The highest BCUT2D eigenvalue weighted by molar-refractivity contribution is 7.94. The van der Waals surface area contributed by atoms with Gasteiger partial charge in [-0.3, -0.25) is 4.78 Å². The van der Waals surface area contributed by atoms with Gasteiger partial charge in [0.05, 0.1) is 12.8 Å². The summed E-state index contributed by atoms with van der Waals surface area (Å²) in [6, 6.07) is 1.73. The predicted molar refractivity (Wildman–Crippen MR) is 63.9 cm³/mol. The van der Waals surface area contributed by atoms with Crippen LogP contribution in [0.2, 0.25) is 0 Å². The second kappa shape index (κ2) is 7.01. The summed E-state index contributed by atoms with van der Waals surface area (Å²) in [4.78, 5) is 11.2. The van der Waals surface area contributed by atoms with E-state index in [0.717, 1.165) is 0 Å². The van der Waals surface area contributed by atoms with Gasteiger partial charge in [0, 0.05) is 11.5 Å². The zero-order chi connectivity index (χ0) is 12.6. The zero-order valence-electron chi connectivity index (χ0n) is 9.82. The summed E-state index contributed by atoms with van der Waals surface area (Å²) in [6.45, 7) is 5.64. The van der Waals surface area contributed by atoms with Gasteiger partial charge in [0.1, 0.15) is 6.07 Å². The first-order chi connectivity index (χ1) is 7.52. The van der Waals surface area contributed by atoms with Gasteiger partial charge in [-0.25, -0.2) is 9.16 Å². The third-order valence-electron chi connectivity index (χ3n) is 1.95. The predicted octanol–water partition coefficient (Wildman–Crippen LogP) is 2.10. The summed E-state index contributed by atoms with van der Waals surface area (Å²) in [5.74, 6) is 0.547. The lowest BCUT2D eigenvalue weighted by atomic mass is 10.3. The molecule has 0 saturated heterocycles. The molecule has 16 heavy (non-hydrogen) atoms. The molecule has 90 valence electrons. The topological polar surface area (TPSA) is 86.3 Å². The normalized spacial score (nSPS) is 11.8. The van der Waals surface area contributed by atoms with Gasteiger partial charge in [0.15, 0.2) is 5.57 Å². The Morgan fingerprint density at radius 1 is 1.50 bits per heavy atom. The van der Waals surface area contributed by atoms with Gasteiger partial charge < -0.3 is 4.74 Å². The highest BCUT2D eigenvalue weighted by Gasteiger charge is 2.09. The molecule has 0 amide bonds. The van der Waals surface area contributed by atoms with Crippen molar-refractivity contribution in [2.45, 2.75) is 20.8 Å². The van der Waals surface area contributed by atoms with Crippen LogP contribution in [-0.4, -0.2) is 24.1 Å². The number of rotatable bonds is 5. The molecule has 0 bridgehead atoms. The Kier molecular flexibility index (Phi) is 6.42. The number of carbonyl (C=O) groups is 1. The second-order valence-corrected chi connectivity index (χ2v) is 5.95. The average Bonchev–Trinajstić information content (AvgIpc) is 2.30. The van der Waals surface area contributed by atoms with Gasteiger partial charge in [-0.15, -0.1) is 0 Å². The number of esters is 1. The minimum atomic E-state index is -1.83. The van der Waals surface area contributed by atoms with Gasteiger partial charge >= 0.3 is 5.97 Å². The lowest BCUT2D eigenvalue weighted by Gasteiger charge is -2.05. The lowest BCUT2D eigenvalue weighted by Crippen LogP contribution is -2.07. The summed E-state index contributed by atoms with van der Waals surface area (Å²) >= 11 is 0. The first kappa shape index (κ1) is 14.6. The molecular formula is C10H17N3O2S. The number of nitrogens with zero attached hydrogens (tertiary/aromatic N) is 2. The third-order valence-corrected chi connectivity index (χ3v) is 4.37. The largest absolute Gasteiger partial charge is 0.462 e. The summed E-state index contributed by atoms with van der Waals surface area (Å²) in [5, 5.41) is 8.73. The van der Waals surface area contributed by atoms with Crippen molar-refractivity contribution in [3.63, 3.8) is 0 Å². The number of ether oxygens (including phenoxy) is 1. The molecule has 1 N–H and O–H groups in total. The van der Waals surface area contributed by atoms with Crippen molar-refractivity contribution >= 4 is 15.6 Å². The average molecular weight is 243 g/mol. The molecule has 0 aromatic rings. The standard InChI is InChI=1S/C10H17N3O2S/c1-4-15-10(14)9(7-11)8-13-16(12,5-2)6-3/h8,12H,4-6H2,1-3H3/b9-8-. The van der Waals surface area contributed by atoms with Crippen molar-refractivity contribution in [3.05, 3.63) is 11.8 Å². The van der Waals surface area contributed by atoms with E-state index in [4.69, 9.17) is 10.0 Å². The van der Waals surface area contributed by atoms with Crippen molar-refractivity contribution in [1.29, 1.82) is 10.0 Å². The van der Waals surface area contributed by atoms with Crippen LogP contribution in [0.5, 0.6) is 0 Å². The fraction of sp³-hybridized carbons (Fsp3) is 0.600. The second-order valence-electron chi connectivity index (χ2n) is 2.90. The van der Waals surface area contributed by atoms with Crippen LogP contribution in [0.25, 0.3) is 0 Å². The van der Waals surface area contributed by atoms with E-state index in [1.165, 1.54) is 6.20 Å². The Hall–Kier alpha value is -1.35. The zero-order valence-corrected chi connectivity index (χ0v) is 10.6. The molecule has 0 spiro atoms. The molecule has 0 unspecified atom stereocenters. The maximum Gasteiger partial charge on any atom is 0.350 e. The Labute approximate surface area is 96.7 Å². The van der Waals surface area contributed by atoms with Crippen LogP contribution < -0.4 is 0 Å². The van der Waals surface area contributed by atoms with Crippen LogP contribution in [-0.2, 0) is 19.2 Å². The van der Waals surface area contributed by atoms with E-state index in [1.54, 1.807) is 13.0 Å². The van der Waals surface area contributed by atoms with Gasteiger partial charge in [0.25, 0.3) is 0 Å². The highest BCUT2D eigenvalue weighted by atomic mass is 32.2. The van der Waals surface area contributed by atoms with Gasteiger partial charge in [-0.2, -0.15) is 5.26 Å². The smallest absolute Gasteiger partial charge is 0.350 e. The lowest BCUT2D eigenvalue weighted by molar-refractivity contribution is -0.138. The molecule has 0 aliphatic heterocycles. The molecule has 0 fully saturated rings. The van der Waals surface area contributed by atoms with Crippen LogP contribution in [0.3, 0.4) is 0 Å². The molecule has 0 atom stereocenters. The molecule has 0 aliphatic carbocycles. The fourth-order valence-corrected chi connectivity index (χ4v) is 1.86. The third kappa shape index (κ3) is 4.45. The molecule has 5 nitrogen and oxygen atoms in total. The monoisotopic (exact) mass is 243 g/mol. The first-order valence-electron chi connectivity index (χ1n) is 5.05. The fourth-order valence-electron chi connectivity index (χ4n) is 0.843. The van der Waals surface area contributed by atoms with E-state index >= 15 is 0 Å². The van der Waals surface area contributed by atoms with E-state index in [9.17, 15) is 4.79 Å². The number of carbonyl (C=O) groups excluding carboxylic acids is 1. The first-order valence-corrected chi connectivity index (χ1v) is 6.98. The molecule has 0 rings (SSSR count). The molecule has 0 aliphatic rings. The summed E-state index contributed by atoms with van der Waals surface area (Å²) < 4.78 is 16.7. The molecule has 0 saturated carbocycles. The van der Waals surface area contributed by atoms with Crippen molar-refractivity contribution in [1.82, 2.24) is 0 Å². The Balaban J connectivity index is 5.08. The minimum absolute atomic E-state index is 0.145. The van der Waals surface area contributed by atoms with Crippen molar-refractivity contribution in [2.75, 3.05) is 18.1 Å².